The summed E-state index contributed by atoms with van der Waals surface area (Å²) in [5.41, 5.74) is 5.53. The Labute approximate surface area is 96.7 Å². The molecule has 2 aromatic rings. The fraction of sp³-hybridized carbons (Fsp3) is 0.0769. The van der Waals surface area contributed by atoms with Crippen LogP contribution in [-0.2, 0) is 6.18 Å². The molecule has 0 saturated carbocycles. The number of rotatable bonds is 1. The first-order valence-corrected chi connectivity index (χ1v) is 5.00. The zero-order valence-corrected chi connectivity index (χ0v) is 8.83. The van der Waals surface area contributed by atoms with E-state index in [1.165, 1.54) is 6.07 Å². The van der Waals surface area contributed by atoms with Crippen molar-refractivity contribution < 1.29 is 13.2 Å². The lowest BCUT2D eigenvalue weighted by Crippen LogP contribution is -2.08. The Kier molecular flexibility index (Phi) is 2.79. The molecule has 1 nitrogen and oxygen atoms in total. The molecular weight excluding hydrogens is 227 g/mol. The molecule has 17 heavy (non-hydrogen) atoms. The SMILES string of the molecule is Nc1ccc(-c2ccccc2)cc1C(F)(F)F. The molecule has 0 amide bonds. The fourth-order valence-electron chi connectivity index (χ4n) is 1.61. The van der Waals surface area contributed by atoms with E-state index in [0.29, 0.717) is 5.56 Å². The van der Waals surface area contributed by atoms with Crippen molar-refractivity contribution in [2.45, 2.75) is 6.18 Å². The van der Waals surface area contributed by atoms with Crippen molar-refractivity contribution in [1.82, 2.24) is 0 Å². The van der Waals surface area contributed by atoms with E-state index in [1.54, 1.807) is 30.3 Å². The van der Waals surface area contributed by atoms with Gasteiger partial charge in [0, 0.05) is 5.69 Å². The van der Waals surface area contributed by atoms with Gasteiger partial charge < -0.3 is 5.73 Å². The Morgan fingerprint density at radius 3 is 2.06 bits per heavy atom. The average molecular weight is 237 g/mol. The predicted molar refractivity (Wildman–Crippen MR) is 61.3 cm³/mol. The number of alkyl halides is 3. The minimum Gasteiger partial charge on any atom is -0.398 e. The van der Waals surface area contributed by atoms with Crippen LogP contribution < -0.4 is 5.73 Å². The van der Waals surface area contributed by atoms with E-state index in [4.69, 9.17) is 5.73 Å². The van der Waals surface area contributed by atoms with Crippen molar-refractivity contribution in [2.75, 3.05) is 5.73 Å². The van der Waals surface area contributed by atoms with Crippen LogP contribution in [0.4, 0.5) is 18.9 Å². The summed E-state index contributed by atoms with van der Waals surface area (Å²) in [6.45, 7) is 0. The minimum atomic E-state index is -4.42. The summed E-state index contributed by atoms with van der Waals surface area (Å²) in [5.74, 6) is 0. The van der Waals surface area contributed by atoms with Crippen LogP contribution in [0.25, 0.3) is 11.1 Å². The van der Waals surface area contributed by atoms with E-state index >= 15 is 0 Å². The number of hydrogen-bond acceptors (Lipinski definition) is 1. The van der Waals surface area contributed by atoms with E-state index in [9.17, 15) is 13.2 Å². The molecule has 0 aliphatic heterocycles. The van der Waals surface area contributed by atoms with Gasteiger partial charge in [0.05, 0.1) is 5.56 Å². The first-order chi connectivity index (χ1) is 7.98. The number of hydrogen-bond donors (Lipinski definition) is 1. The first kappa shape index (κ1) is 11.5. The maximum absolute atomic E-state index is 12.7. The van der Waals surface area contributed by atoms with Crippen LogP contribution in [0.2, 0.25) is 0 Å². The molecule has 0 spiro atoms. The van der Waals surface area contributed by atoms with Crippen molar-refractivity contribution in [2.24, 2.45) is 0 Å². The summed E-state index contributed by atoms with van der Waals surface area (Å²) < 4.78 is 38.0. The maximum atomic E-state index is 12.7. The largest absolute Gasteiger partial charge is 0.418 e. The second-order valence-corrected chi connectivity index (χ2v) is 3.67. The van der Waals surface area contributed by atoms with Gasteiger partial charge in [0.15, 0.2) is 0 Å². The van der Waals surface area contributed by atoms with Gasteiger partial charge in [0.2, 0.25) is 0 Å². The standard InChI is InChI=1S/C13H10F3N/c14-13(15,16)11-8-10(6-7-12(11)17)9-4-2-1-3-5-9/h1-8H,17H2. The summed E-state index contributed by atoms with van der Waals surface area (Å²) in [6.07, 6.45) is -4.42. The van der Waals surface area contributed by atoms with E-state index in [2.05, 4.69) is 0 Å². The summed E-state index contributed by atoms with van der Waals surface area (Å²) >= 11 is 0. The monoisotopic (exact) mass is 237 g/mol. The molecule has 2 rings (SSSR count). The van der Waals surface area contributed by atoms with Gasteiger partial charge in [0.1, 0.15) is 0 Å². The summed E-state index contributed by atoms with van der Waals surface area (Å²) in [6, 6.07) is 12.8. The second kappa shape index (κ2) is 4.13. The van der Waals surface area contributed by atoms with E-state index < -0.39 is 11.7 Å². The van der Waals surface area contributed by atoms with E-state index in [0.717, 1.165) is 11.6 Å². The van der Waals surface area contributed by atoms with Crippen LogP contribution in [0.1, 0.15) is 5.56 Å². The highest BCUT2D eigenvalue weighted by Crippen LogP contribution is 2.36. The second-order valence-electron chi connectivity index (χ2n) is 3.67. The van der Waals surface area contributed by atoms with E-state index in [1.807, 2.05) is 6.07 Å². The van der Waals surface area contributed by atoms with Crippen molar-refractivity contribution in [1.29, 1.82) is 0 Å². The molecule has 0 aromatic heterocycles. The molecule has 0 unspecified atom stereocenters. The molecule has 0 bridgehead atoms. The molecule has 88 valence electrons. The van der Waals surface area contributed by atoms with Crippen LogP contribution >= 0.6 is 0 Å². The third-order valence-corrected chi connectivity index (χ3v) is 2.47. The lowest BCUT2D eigenvalue weighted by Gasteiger charge is -2.11. The highest BCUT2D eigenvalue weighted by atomic mass is 19.4. The Morgan fingerprint density at radius 1 is 0.824 bits per heavy atom. The summed E-state index contributed by atoms with van der Waals surface area (Å²) in [4.78, 5) is 0. The molecule has 2 N–H and O–H groups in total. The highest BCUT2D eigenvalue weighted by Gasteiger charge is 2.33. The van der Waals surface area contributed by atoms with Gasteiger partial charge in [-0.1, -0.05) is 36.4 Å². The Morgan fingerprint density at radius 2 is 1.47 bits per heavy atom. The van der Waals surface area contributed by atoms with Crippen molar-refractivity contribution in [3.63, 3.8) is 0 Å². The number of nitrogen functional groups attached to an aromatic ring is 1. The number of halogens is 3. The number of benzene rings is 2. The van der Waals surface area contributed by atoms with Crippen LogP contribution in [0, 0.1) is 0 Å². The molecule has 0 radical (unpaired) electrons. The highest BCUT2D eigenvalue weighted by molar-refractivity contribution is 5.68. The van der Waals surface area contributed by atoms with Gasteiger partial charge in [0.25, 0.3) is 0 Å². The van der Waals surface area contributed by atoms with Crippen molar-refractivity contribution in [3.8, 4) is 11.1 Å². The molecular formula is C13H10F3N. The van der Waals surface area contributed by atoms with Gasteiger partial charge in [-0.2, -0.15) is 13.2 Å². The molecule has 4 heteroatoms. The van der Waals surface area contributed by atoms with Crippen molar-refractivity contribution in [3.05, 3.63) is 54.1 Å². The van der Waals surface area contributed by atoms with Crippen LogP contribution in [0.3, 0.4) is 0 Å². The fourth-order valence-corrected chi connectivity index (χ4v) is 1.61. The number of nitrogens with two attached hydrogens (primary N) is 1. The molecule has 0 aliphatic rings. The molecule has 0 heterocycles. The van der Waals surface area contributed by atoms with Gasteiger partial charge in [-0.15, -0.1) is 0 Å². The van der Waals surface area contributed by atoms with Crippen LogP contribution in [0.5, 0.6) is 0 Å². The summed E-state index contributed by atoms with van der Waals surface area (Å²) in [5, 5.41) is 0. The Bertz CT molecular complexity index is 518. The molecule has 0 aliphatic carbocycles. The van der Waals surface area contributed by atoms with Gasteiger partial charge in [-0.25, -0.2) is 0 Å². The zero-order chi connectivity index (χ0) is 12.5. The summed E-state index contributed by atoms with van der Waals surface area (Å²) in [7, 11) is 0. The lowest BCUT2D eigenvalue weighted by atomic mass is 10.0. The average Bonchev–Trinajstić information content (AvgIpc) is 2.29. The number of anilines is 1. The third-order valence-electron chi connectivity index (χ3n) is 2.47. The lowest BCUT2D eigenvalue weighted by molar-refractivity contribution is -0.136. The van der Waals surface area contributed by atoms with E-state index in [-0.39, 0.29) is 5.69 Å². The smallest absolute Gasteiger partial charge is 0.398 e. The van der Waals surface area contributed by atoms with Gasteiger partial charge >= 0.3 is 6.18 Å². The molecule has 0 atom stereocenters. The van der Waals surface area contributed by atoms with Crippen LogP contribution in [-0.4, -0.2) is 0 Å². The predicted octanol–water partition coefficient (Wildman–Crippen LogP) is 3.95. The van der Waals surface area contributed by atoms with Crippen molar-refractivity contribution >= 4 is 5.69 Å². The van der Waals surface area contributed by atoms with Crippen LogP contribution in [0.15, 0.2) is 48.5 Å². The quantitative estimate of drug-likeness (QED) is 0.746. The minimum absolute atomic E-state index is 0.253. The molecule has 0 fully saturated rings. The molecule has 0 saturated heterocycles. The Balaban J connectivity index is 2.53. The first-order valence-electron chi connectivity index (χ1n) is 5.00. The molecule has 2 aromatic carbocycles. The van der Waals surface area contributed by atoms with Gasteiger partial charge in [-0.3, -0.25) is 0 Å². The zero-order valence-electron chi connectivity index (χ0n) is 8.83. The topological polar surface area (TPSA) is 26.0 Å². The Hall–Kier alpha value is -1.97. The normalized spacial score (nSPS) is 11.5. The third kappa shape index (κ3) is 2.41. The van der Waals surface area contributed by atoms with Gasteiger partial charge in [-0.05, 0) is 23.3 Å². The maximum Gasteiger partial charge on any atom is 0.418 e.